The predicted octanol–water partition coefficient (Wildman–Crippen LogP) is 6.04. The van der Waals surface area contributed by atoms with Crippen molar-refractivity contribution in [2.45, 2.75) is 17.8 Å². The Morgan fingerprint density at radius 2 is 1.88 bits per heavy atom. The number of fused-ring (bicyclic) bond motifs is 1. The molecule has 0 bridgehead atoms. The maximum absolute atomic E-state index is 13.2. The van der Waals surface area contributed by atoms with Crippen molar-refractivity contribution in [1.29, 1.82) is 0 Å². The summed E-state index contributed by atoms with van der Waals surface area (Å²) in [6.07, 6.45) is -8.56. The van der Waals surface area contributed by atoms with Gasteiger partial charge in [0.2, 0.25) is 0 Å². The van der Waals surface area contributed by atoms with E-state index in [-0.39, 0.29) is 39.5 Å². The number of anilines is 1. The minimum Gasteiger partial charge on any atom is -0.395 e. The standard InChI is InChI=1S/C20H12BrClF5N3O3/c1-29(11-5-6-14-15(8-11)33-20(26,27)32-14)18(31)10-3-2-4-12(7-10)30-13(9-21)16(22)17(28-30)19(23,24)25/h2-8H,9H2,1H3. The molecule has 2 aromatic carbocycles. The Morgan fingerprint density at radius 3 is 2.55 bits per heavy atom. The van der Waals surface area contributed by atoms with Gasteiger partial charge in [0.25, 0.3) is 5.91 Å². The number of hydrogen-bond acceptors (Lipinski definition) is 4. The van der Waals surface area contributed by atoms with Gasteiger partial charge in [-0.15, -0.1) is 8.78 Å². The number of rotatable bonds is 4. The summed E-state index contributed by atoms with van der Waals surface area (Å²) in [7, 11) is 1.40. The van der Waals surface area contributed by atoms with Crippen LogP contribution in [0, 0.1) is 0 Å². The highest BCUT2D eigenvalue weighted by atomic mass is 79.9. The van der Waals surface area contributed by atoms with Gasteiger partial charge in [0, 0.05) is 29.7 Å². The second kappa shape index (κ2) is 8.17. The van der Waals surface area contributed by atoms with Crippen LogP contribution in [-0.4, -0.2) is 29.0 Å². The van der Waals surface area contributed by atoms with E-state index in [0.717, 1.165) is 4.68 Å². The van der Waals surface area contributed by atoms with Crippen molar-refractivity contribution in [1.82, 2.24) is 9.78 Å². The molecule has 0 radical (unpaired) electrons. The molecule has 0 N–H and O–H groups in total. The molecule has 13 heteroatoms. The fourth-order valence-electron chi connectivity index (χ4n) is 3.17. The first-order valence-electron chi connectivity index (χ1n) is 9.10. The Kier molecular flexibility index (Phi) is 5.77. The molecule has 1 aliphatic rings. The smallest absolute Gasteiger partial charge is 0.395 e. The Labute approximate surface area is 196 Å². The summed E-state index contributed by atoms with van der Waals surface area (Å²) in [5, 5.41) is 3.01. The highest BCUT2D eigenvalue weighted by molar-refractivity contribution is 9.08. The maximum Gasteiger partial charge on any atom is 0.586 e. The molecule has 0 spiro atoms. The molecule has 6 nitrogen and oxygen atoms in total. The van der Waals surface area contributed by atoms with Crippen molar-refractivity contribution < 1.29 is 36.2 Å². The molecule has 1 amide bonds. The molecule has 1 aromatic heterocycles. The van der Waals surface area contributed by atoms with E-state index in [1.807, 2.05) is 0 Å². The molecular weight excluding hydrogens is 541 g/mol. The van der Waals surface area contributed by atoms with E-state index in [1.165, 1.54) is 54.4 Å². The number of carbonyl (C=O) groups is 1. The van der Waals surface area contributed by atoms with Gasteiger partial charge in [-0.3, -0.25) is 4.79 Å². The molecule has 0 atom stereocenters. The Bertz CT molecular complexity index is 1250. The number of aromatic nitrogens is 2. The number of nitrogens with zero attached hydrogens (tertiary/aromatic N) is 3. The van der Waals surface area contributed by atoms with Crippen LogP contribution in [-0.2, 0) is 11.5 Å². The van der Waals surface area contributed by atoms with Gasteiger partial charge in [-0.05, 0) is 30.3 Å². The number of benzene rings is 2. The van der Waals surface area contributed by atoms with Crippen LogP contribution >= 0.6 is 27.5 Å². The number of carbonyl (C=O) groups excluding carboxylic acids is 1. The summed E-state index contributed by atoms with van der Waals surface area (Å²) in [5.74, 6) is -0.971. The second-order valence-corrected chi connectivity index (χ2v) is 7.80. The third-order valence-electron chi connectivity index (χ3n) is 4.73. The van der Waals surface area contributed by atoms with Crippen molar-refractivity contribution in [2.24, 2.45) is 0 Å². The molecule has 0 saturated carbocycles. The number of halogens is 7. The van der Waals surface area contributed by atoms with E-state index in [1.54, 1.807) is 0 Å². The summed E-state index contributed by atoms with van der Waals surface area (Å²) >= 11 is 8.99. The van der Waals surface area contributed by atoms with Gasteiger partial charge in [-0.1, -0.05) is 33.6 Å². The molecule has 0 aliphatic carbocycles. The summed E-state index contributed by atoms with van der Waals surface area (Å²) in [6, 6.07) is 9.56. The van der Waals surface area contributed by atoms with Crippen LogP contribution in [0.2, 0.25) is 5.02 Å². The van der Waals surface area contributed by atoms with E-state index in [9.17, 15) is 26.7 Å². The van der Waals surface area contributed by atoms with E-state index in [2.05, 4.69) is 30.5 Å². The maximum atomic E-state index is 13.2. The zero-order chi connectivity index (χ0) is 24.1. The Hall–Kier alpha value is -2.86. The van der Waals surface area contributed by atoms with E-state index >= 15 is 0 Å². The largest absolute Gasteiger partial charge is 0.586 e. The molecule has 4 rings (SSSR count). The van der Waals surface area contributed by atoms with Gasteiger partial charge < -0.3 is 14.4 Å². The van der Waals surface area contributed by atoms with Crippen molar-refractivity contribution >= 4 is 39.1 Å². The Balaban J connectivity index is 1.66. The van der Waals surface area contributed by atoms with E-state index < -0.39 is 29.1 Å². The van der Waals surface area contributed by atoms with E-state index in [4.69, 9.17) is 11.6 Å². The number of amides is 1. The molecule has 2 heterocycles. The zero-order valence-corrected chi connectivity index (χ0v) is 18.8. The van der Waals surface area contributed by atoms with Gasteiger partial charge in [-0.25, -0.2) is 4.68 Å². The predicted molar refractivity (Wildman–Crippen MR) is 112 cm³/mol. The fraction of sp³-hybridized carbons (Fsp3) is 0.200. The molecule has 174 valence electrons. The average molecular weight is 553 g/mol. The zero-order valence-electron chi connectivity index (χ0n) is 16.5. The average Bonchev–Trinajstić information content (AvgIpc) is 3.26. The van der Waals surface area contributed by atoms with Crippen molar-refractivity contribution in [3.05, 3.63) is 64.4 Å². The van der Waals surface area contributed by atoms with Crippen LogP contribution in [0.15, 0.2) is 42.5 Å². The first-order valence-corrected chi connectivity index (χ1v) is 10.6. The van der Waals surface area contributed by atoms with Gasteiger partial charge >= 0.3 is 12.5 Å². The lowest BCUT2D eigenvalue weighted by atomic mass is 10.1. The Morgan fingerprint density at radius 1 is 1.18 bits per heavy atom. The minimum atomic E-state index is -4.76. The molecule has 1 aliphatic heterocycles. The first-order chi connectivity index (χ1) is 15.4. The summed E-state index contributed by atoms with van der Waals surface area (Å²) in [4.78, 5) is 14.2. The lowest BCUT2D eigenvalue weighted by molar-refractivity contribution is -0.286. The van der Waals surface area contributed by atoms with Crippen LogP contribution < -0.4 is 14.4 Å². The van der Waals surface area contributed by atoms with Crippen molar-refractivity contribution in [3.8, 4) is 17.2 Å². The summed E-state index contributed by atoms with van der Waals surface area (Å²) in [5.41, 5.74) is -0.679. The topological polar surface area (TPSA) is 56.6 Å². The molecule has 3 aromatic rings. The van der Waals surface area contributed by atoms with Crippen LogP contribution in [0.4, 0.5) is 27.6 Å². The number of ether oxygens (including phenoxy) is 2. The van der Waals surface area contributed by atoms with Crippen molar-refractivity contribution in [2.75, 3.05) is 11.9 Å². The SMILES string of the molecule is CN(C(=O)c1cccc(-n2nc(C(F)(F)F)c(Cl)c2CBr)c1)c1ccc2c(c1)OC(F)(F)O2. The fourth-order valence-corrected chi connectivity index (χ4v) is 4.14. The normalized spacial score (nSPS) is 14.4. The van der Waals surface area contributed by atoms with E-state index in [0.29, 0.717) is 0 Å². The lowest BCUT2D eigenvalue weighted by Crippen LogP contribution is -2.26. The van der Waals surface area contributed by atoms with Crippen molar-refractivity contribution in [3.63, 3.8) is 0 Å². The van der Waals surface area contributed by atoms with Gasteiger partial charge in [0.1, 0.15) is 0 Å². The molecule has 0 saturated heterocycles. The molecule has 0 unspecified atom stereocenters. The third-order valence-corrected chi connectivity index (χ3v) is 5.65. The second-order valence-electron chi connectivity index (χ2n) is 6.87. The van der Waals surface area contributed by atoms with Crippen LogP contribution in [0.25, 0.3) is 5.69 Å². The van der Waals surface area contributed by atoms with Gasteiger partial charge in [0.05, 0.1) is 16.4 Å². The van der Waals surface area contributed by atoms with Gasteiger partial charge in [-0.2, -0.15) is 18.3 Å². The lowest BCUT2D eigenvalue weighted by Gasteiger charge is -2.18. The van der Waals surface area contributed by atoms with Gasteiger partial charge in [0.15, 0.2) is 17.2 Å². The van der Waals surface area contributed by atoms with Crippen LogP contribution in [0.1, 0.15) is 21.7 Å². The minimum absolute atomic E-state index is 0.0190. The summed E-state index contributed by atoms with van der Waals surface area (Å²) in [6.45, 7) is 0. The third kappa shape index (κ3) is 4.36. The molecular formula is C20H12BrClF5N3O3. The molecule has 33 heavy (non-hydrogen) atoms. The van der Waals surface area contributed by atoms with Crippen LogP contribution in [0.3, 0.4) is 0 Å². The number of alkyl halides is 6. The highest BCUT2D eigenvalue weighted by Crippen LogP contribution is 2.43. The quantitative estimate of drug-likeness (QED) is 0.293. The summed E-state index contributed by atoms with van der Waals surface area (Å²) < 4.78 is 75.9. The highest BCUT2D eigenvalue weighted by Gasteiger charge is 2.43. The van der Waals surface area contributed by atoms with Crippen LogP contribution in [0.5, 0.6) is 11.5 Å². The first kappa shape index (κ1) is 23.3. The molecule has 0 fully saturated rings. The number of hydrogen-bond donors (Lipinski definition) is 0. The monoisotopic (exact) mass is 551 g/mol.